The van der Waals surface area contributed by atoms with Gasteiger partial charge in [0.2, 0.25) is 11.8 Å². The predicted octanol–water partition coefficient (Wildman–Crippen LogP) is 3.26. The Bertz CT molecular complexity index is 876. The maximum absolute atomic E-state index is 13.0. The fraction of sp³-hybridized carbons (Fsp3) is 0.733. The molecule has 0 saturated carbocycles. The third-order valence-electron chi connectivity index (χ3n) is 7.30. The van der Waals surface area contributed by atoms with E-state index in [4.69, 9.17) is 19.9 Å². The summed E-state index contributed by atoms with van der Waals surface area (Å²) < 4.78 is 16.5. The monoisotopic (exact) mass is 551 g/mol. The van der Waals surface area contributed by atoms with E-state index in [-0.39, 0.29) is 30.1 Å². The number of carbonyl (C=O) groups excluding carboxylic acids is 2. The van der Waals surface area contributed by atoms with Crippen LogP contribution >= 0.6 is 0 Å². The molecule has 0 unspecified atom stereocenters. The molecular weight excluding hydrogens is 498 g/mol. The number of nitrogens with zero attached hydrogens (tertiary/aromatic N) is 1. The summed E-state index contributed by atoms with van der Waals surface area (Å²) in [4.78, 5) is 26.6. The molecule has 0 saturated heterocycles. The number of methoxy groups -OCH3 is 2. The van der Waals surface area contributed by atoms with Gasteiger partial charge in [-0.3, -0.25) is 9.59 Å². The number of amides is 2. The van der Waals surface area contributed by atoms with Crippen molar-refractivity contribution < 1.29 is 28.9 Å². The Morgan fingerprint density at radius 1 is 1.00 bits per heavy atom. The summed E-state index contributed by atoms with van der Waals surface area (Å²) in [5.41, 5.74) is 7.63. The lowest BCUT2D eigenvalue weighted by molar-refractivity contribution is -0.136. The molecule has 39 heavy (non-hydrogen) atoms. The predicted molar refractivity (Wildman–Crippen MR) is 155 cm³/mol. The van der Waals surface area contributed by atoms with Crippen molar-refractivity contribution in [1.82, 2.24) is 10.2 Å². The molecule has 0 bridgehead atoms. The molecule has 224 valence electrons. The van der Waals surface area contributed by atoms with Crippen LogP contribution in [0, 0.1) is 23.7 Å². The van der Waals surface area contributed by atoms with E-state index in [1.807, 2.05) is 32.0 Å². The second kappa shape index (κ2) is 17.4. The van der Waals surface area contributed by atoms with Gasteiger partial charge in [-0.05, 0) is 61.6 Å². The number of nitrogens with one attached hydrogen (secondary N) is 1. The summed E-state index contributed by atoms with van der Waals surface area (Å²) in [7, 11) is 6.60. The summed E-state index contributed by atoms with van der Waals surface area (Å²) in [6.07, 6.45) is 1.55. The molecule has 0 aliphatic heterocycles. The van der Waals surface area contributed by atoms with Crippen LogP contribution in [0.2, 0.25) is 0 Å². The van der Waals surface area contributed by atoms with Crippen LogP contribution < -0.4 is 20.5 Å². The number of hydrogen-bond donors (Lipinski definition) is 3. The molecule has 0 aromatic heterocycles. The van der Waals surface area contributed by atoms with E-state index in [1.165, 1.54) is 4.90 Å². The topological polar surface area (TPSA) is 123 Å². The highest BCUT2D eigenvalue weighted by molar-refractivity contribution is 5.88. The first-order valence-electron chi connectivity index (χ1n) is 14.1. The Labute approximate surface area is 235 Å². The first kappa shape index (κ1) is 34.7. The van der Waals surface area contributed by atoms with Crippen molar-refractivity contribution >= 4 is 11.8 Å². The van der Waals surface area contributed by atoms with Gasteiger partial charge in [0.15, 0.2) is 11.5 Å². The van der Waals surface area contributed by atoms with E-state index in [2.05, 4.69) is 19.2 Å². The van der Waals surface area contributed by atoms with Gasteiger partial charge in [-0.2, -0.15) is 0 Å². The Kier molecular flexibility index (Phi) is 15.4. The molecule has 0 spiro atoms. The lowest BCUT2D eigenvalue weighted by Crippen LogP contribution is -2.48. The van der Waals surface area contributed by atoms with Gasteiger partial charge < -0.3 is 35.3 Å². The van der Waals surface area contributed by atoms with Gasteiger partial charge in [0.05, 0.1) is 19.8 Å². The van der Waals surface area contributed by atoms with Crippen LogP contribution in [0.3, 0.4) is 0 Å². The molecule has 0 fully saturated rings. The molecule has 4 N–H and O–H groups in total. The largest absolute Gasteiger partial charge is 0.493 e. The number of likely N-dealkylation sites (N-methyl/N-ethyl adjacent to an activating group) is 1. The number of ether oxygens (including phenoxy) is 3. The molecule has 9 nitrogen and oxygen atoms in total. The molecule has 1 rings (SSSR count). The maximum Gasteiger partial charge on any atom is 0.244 e. The molecule has 1 aromatic rings. The van der Waals surface area contributed by atoms with Crippen molar-refractivity contribution in [3.05, 3.63) is 23.8 Å². The fourth-order valence-corrected chi connectivity index (χ4v) is 4.63. The number of nitrogens with two attached hydrogens (primary N) is 1. The Morgan fingerprint density at radius 2 is 1.67 bits per heavy atom. The number of hydrogen-bond acceptors (Lipinski definition) is 7. The molecule has 2 amide bonds. The highest BCUT2D eigenvalue weighted by Gasteiger charge is 2.31. The molecule has 0 aliphatic carbocycles. The fourth-order valence-electron chi connectivity index (χ4n) is 4.63. The van der Waals surface area contributed by atoms with Gasteiger partial charge in [-0.15, -0.1) is 0 Å². The lowest BCUT2D eigenvalue weighted by atomic mass is 9.80. The normalized spacial score (nSPS) is 15.4. The van der Waals surface area contributed by atoms with E-state index in [1.54, 1.807) is 35.2 Å². The Balaban J connectivity index is 2.88. The summed E-state index contributed by atoms with van der Waals surface area (Å²) in [6.45, 7) is 11.0. The zero-order valence-electron chi connectivity index (χ0n) is 25.5. The smallest absolute Gasteiger partial charge is 0.244 e. The second-order valence-corrected chi connectivity index (χ2v) is 11.4. The lowest BCUT2D eigenvalue weighted by Gasteiger charge is -2.30. The van der Waals surface area contributed by atoms with Crippen LogP contribution in [0.1, 0.15) is 59.4 Å². The minimum Gasteiger partial charge on any atom is -0.493 e. The first-order valence-corrected chi connectivity index (χ1v) is 14.1. The number of aliphatic hydroxyl groups is 1. The number of carbonyl (C=O) groups is 2. The number of benzene rings is 1. The zero-order valence-corrected chi connectivity index (χ0v) is 25.5. The van der Waals surface area contributed by atoms with Crippen molar-refractivity contribution in [3.8, 4) is 11.5 Å². The van der Waals surface area contributed by atoms with Crippen molar-refractivity contribution in [3.63, 3.8) is 0 Å². The van der Waals surface area contributed by atoms with Gasteiger partial charge in [-0.25, -0.2) is 0 Å². The van der Waals surface area contributed by atoms with E-state index in [9.17, 15) is 14.7 Å². The zero-order chi connectivity index (χ0) is 29.7. The summed E-state index contributed by atoms with van der Waals surface area (Å²) >= 11 is 0. The van der Waals surface area contributed by atoms with Gasteiger partial charge >= 0.3 is 0 Å². The Morgan fingerprint density at radius 3 is 2.21 bits per heavy atom. The molecular formula is C30H53N3O6. The minimum absolute atomic E-state index is 0.0176. The Hall–Kier alpha value is -2.36. The summed E-state index contributed by atoms with van der Waals surface area (Å²) in [5.74, 6) is 1.04. The van der Waals surface area contributed by atoms with Crippen LogP contribution in [0.5, 0.6) is 11.5 Å². The first-order chi connectivity index (χ1) is 18.3. The highest BCUT2D eigenvalue weighted by atomic mass is 16.5. The average Bonchev–Trinajstić information content (AvgIpc) is 2.88. The maximum atomic E-state index is 13.0. The third kappa shape index (κ3) is 11.7. The van der Waals surface area contributed by atoms with Crippen LogP contribution in [0.25, 0.3) is 0 Å². The van der Waals surface area contributed by atoms with Crippen LogP contribution in [0.4, 0.5) is 0 Å². The van der Waals surface area contributed by atoms with Crippen molar-refractivity contribution in [1.29, 1.82) is 0 Å². The van der Waals surface area contributed by atoms with Crippen LogP contribution in [-0.2, 0) is 20.7 Å². The second-order valence-electron chi connectivity index (χ2n) is 11.4. The van der Waals surface area contributed by atoms with Crippen molar-refractivity contribution in [2.24, 2.45) is 29.4 Å². The molecule has 9 heteroatoms. The molecule has 0 radical (unpaired) electrons. The molecule has 1 aromatic carbocycles. The van der Waals surface area contributed by atoms with E-state index < -0.39 is 24.1 Å². The van der Waals surface area contributed by atoms with E-state index in [0.717, 1.165) is 18.4 Å². The van der Waals surface area contributed by atoms with Crippen LogP contribution in [0.15, 0.2) is 18.2 Å². The standard InChI is InChI=1S/C30H53N3O6/c1-19(2)23(15-22-11-12-27(38-9)28(16-22)39-14-10-13-37-8)17-25(31)26(34)18-24(20(3)4)29(35)32-21(5)30(36)33(6)7/h11-12,16,19-21,23-26,34H,10,13-15,17-18,31H2,1-9H3,(H,32,35)/t21-,23-,24-,25-,26-/m0/s1. The molecule has 0 aliphatic rings. The summed E-state index contributed by atoms with van der Waals surface area (Å²) in [6, 6.07) is 4.84. The number of aliphatic hydroxyl groups excluding tert-OH is 1. The quantitative estimate of drug-likeness (QED) is 0.239. The van der Waals surface area contributed by atoms with E-state index >= 15 is 0 Å². The molecule has 0 heterocycles. The third-order valence-corrected chi connectivity index (χ3v) is 7.30. The van der Waals surface area contributed by atoms with Crippen molar-refractivity contribution in [2.75, 3.05) is 41.5 Å². The number of rotatable bonds is 18. The molecule has 5 atom stereocenters. The summed E-state index contributed by atoms with van der Waals surface area (Å²) in [5, 5.41) is 13.8. The highest BCUT2D eigenvalue weighted by Crippen LogP contribution is 2.31. The van der Waals surface area contributed by atoms with Crippen molar-refractivity contribution in [2.45, 2.75) is 78.5 Å². The average molecular weight is 552 g/mol. The van der Waals surface area contributed by atoms with Gasteiger partial charge in [0.1, 0.15) is 6.04 Å². The minimum atomic E-state index is -0.847. The SMILES string of the molecule is COCCCOc1cc(C[C@@H](C[C@H](N)[C@@H](O)C[C@H](C(=O)N[C@@H](C)C(=O)N(C)C)C(C)C)C(C)C)ccc1OC. The van der Waals surface area contributed by atoms with Gasteiger partial charge in [0.25, 0.3) is 0 Å². The van der Waals surface area contributed by atoms with Gasteiger partial charge in [-0.1, -0.05) is 33.8 Å². The van der Waals surface area contributed by atoms with Crippen LogP contribution in [-0.4, -0.2) is 81.5 Å². The van der Waals surface area contributed by atoms with E-state index in [0.29, 0.717) is 37.1 Å². The van der Waals surface area contributed by atoms with Gasteiger partial charge in [0, 0.05) is 46.2 Å².